The molecular weight excluding hydrogens is 1050 g/mol. The minimum absolute atomic E-state index is 0. The van der Waals surface area contributed by atoms with E-state index in [9.17, 15) is 15.3 Å². The second kappa shape index (κ2) is 24.5. The molecule has 76 heavy (non-hydrogen) atoms. The molecule has 357 valence electrons. The van der Waals surface area contributed by atoms with Crippen LogP contribution in [0.25, 0.3) is 98.0 Å². The number of hydrogen-bond acceptors (Lipinski definition) is 3. The Morgan fingerprint density at radius 1 is 0.237 bits per heavy atom. The molecule has 0 saturated heterocycles. The molecule has 0 heterocycles. The Morgan fingerprint density at radius 2 is 0.408 bits per heavy atom. The first-order valence-corrected chi connectivity index (χ1v) is 24.1. The van der Waals surface area contributed by atoms with E-state index < -0.39 is 0 Å². The molecule has 6 nitrogen and oxygen atoms in total. The van der Waals surface area contributed by atoms with Crippen LogP contribution in [-0.4, -0.2) is 30.6 Å². The molecule has 0 aromatic heterocycles. The zero-order valence-electron chi connectivity index (χ0n) is 44.7. The zero-order valence-corrected chi connectivity index (χ0v) is 48.4. The van der Waals surface area contributed by atoms with E-state index in [0.717, 1.165) is 98.0 Å². The summed E-state index contributed by atoms with van der Waals surface area (Å²) in [5.41, 5.74) is 11.7. The van der Waals surface area contributed by atoms with Gasteiger partial charge in [0, 0.05) is 70.5 Å². The van der Waals surface area contributed by atoms with Gasteiger partial charge in [-0.1, -0.05) is 161 Å². The van der Waals surface area contributed by atoms with Gasteiger partial charge in [0.05, 0.1) is 16.7 Å². The van der Waals surface area contributed by atoms with Gasteiger partial charge in [0.1, 0.15) is 17.2 Å². The van der Waals surface area contributed by atoms with Gasteiger partial charge in [0.2, 0.25) is 0 Å². The first-order chi connectivity index (χ1) is 34.6. The number of rotatable bonds is 3. The van der Waals surface area contributed by atoms with Crippen LogP contribution in [0.15, 0.2) is 182 Å². The summed E-state index contributed by atoms with van der Waals surface area (Å²) >= 11 is 0. The second-order valence-electron chi connectivity index (χ2n) is 19.2. The van der Waals surface area contributed by atoms with Crippen molar-refractivity contribution in [2.75, 3.05) is 0 Å². The van der Waals surface area contributed by atoms with Gasteiger partial charge in [-0.2, -0.15) is 0 Å². The van der Waals surface area contributed by atoms with Gasteiger partial charge in [0.15, 0.2) is 0 Å². The van der Waals surface area contributed by atoms with E-state index in [2.05, 4.69) is 94.4 Å². The van der Waals surface area contributed by atoms with E-state index in [4.69, 9.17) is 15.3 Å². The Morgan fingerprint density at radius 3 is 0.632 bits per heavy atom. The van der Waals surface area contributed by atoms with Crippen LogP contribution in [0.4, 0.5) is 0 Å². The van der Waals surface area contributed by atoms with Crippen molar-refractivity contribution in [1.29, 1.82) is 0 Å². The van der Waals surface area contributed by atoms with Gasteiger partial charge in [-0.25, -0.2) is 0 Å². The predicted octanol–water partition coefficient (Wildman–Crippen LogP) is 7.27. The third-order valence-electron chi connectivity index (χ3n) is 13.7. The average Bonchev–Trinajstić information content (AvgIpc) is 3.35. The summed E-state index contributed by atoms with van der Waals surface area (Å²) in [4.78, 5) is 0. The van der Waals surface area contributed by atoms with E-state index in [1.165, 1.54) is 22.3 Å². The average molecular weight is 1110 g/mol. The fraction of sp³-hybridized carbons (Fsp3) is 0.0909. The Balaban J connectivity index is 0.000000180. The third kappa shape index (κ3) is 11.6. The minimum Gasteiger partial charge on any atom is -0.593 e. The molecule has 12 aromatic rings. The summed E-state index contributed by atoms with van der Waals surface area (Å²) in [5.74, 6) is 1.92. The minimum atomic E-state index is 0. The summed E-state index contributed by atoms with van der Waals surface area (Å²) in [7, 11) is 0. The van der Waals surface area contributed by atoms with Crippen LogP contribution in [0.1, 0.15) is 33.4 Å². The molecule has 12 aromatic carbocycles. The van der Waals surface area contributed by atoms with Crippen LogP contribution in [0.2, 0.25) is 0 Å². The molecular formula is C66H57LaLi3O6+6. The third-order valence-corrected chi connectivity index (χ3v) is 13.7. The molecule has 10 heteroatoms. The smallest absolute Gasteiger partial charge is 0.593 e. The number of aryl methyl sites for hydroxylation is 6. The fourth-order valence-electron chi connectivity index (χ4n) is 10.3. The predicted molar refractivity (Wildman–Crippen MR) is 303 cm³/mol. The van der Waals surface area contributed by atoms with Crippen LogP contribution in [0.5, 0.6) is 34.5 Å². The van der Waals surface area contributed by atoms with E-state index in [1.807, 2.05) is 111 Å². The van der Waals surface area contributed by atoms with Crippen molar-refractivity contribution in [1.82, 2.24) is 0 Å². The molecule has 0 aliphatic heterocycles. The summed E-state index contributed by atoms with van der Waals surface area (Å²) in [6, 6.07) is 59.5. The van der Waals surface area contributed by atoms with E-state index in [-0.39, 0.29) is 109 Å². The Labute approximate surface area is 507 Å². The number of phenols is 3. The van der Waals surface area contributed by atoms with Gasteiger partial charge >= 0.3 is 56.6 Å². The van der Waals surface area contributed by atoms with Crippen molar-refractivity contribution >= 4 is 64.6 Å². The van der Waals surface area contributed by atoms with Gasteiger partial charge in [-0.15, -0.1) is 0 Å². The molecule has 0 saturated carbocycles. The molecule has 0 spiro atoms. The normalized spacial score (nSPS) is 10.7. The molecule has 0 unspecified atom stereocenters. The molecule has 12 rings (SSSR count). The number of benzene rings is 12. The number of hydrogen-bond donors (Lipinski definition) is 3. The summed E-state index contributed by atoms with van der Waals surface area (Å²) < 4.78 is 0. The molecule has 0 bridgehead atoms. The Bertz CT molecular complexity index is 3460. The van der Waals surface area contributed by atoms with Crippen LogP contribution in [0, 0.1) is 77.1 Å². The molecule has 0 fully saturated rings. The van der Waals surface area contributed by atoms with Crippen LogP contribution < -0.4 is 56.6 Å². The molecule has 9 N–H and O–H groups in total. The number of aromatic hydroxyl groups is 3. The molecule has 0 aliphatic carbocycles. The van der Waals surface area contributed by atoms with Crippen molar-refractivity contribution < 1.29 is 123 Å². The molecule has 1 radical (unpaired) electrons. The summed E-state index contributed by atoms with van der Waals surface area (Å²) in [6.07, 6.45) is 0. The molecule has 0 amide bonds. The maximum Gasteiger partial charge on any atom is 1.00 e. The first kappa shape index (κ1) is 59.2. The van der Waals surface area contributed by atoms with Crippen LogP contribution in [-0.2, 0) is 0 Å². The van der Waals surface area contributed by atoms with E-state index >= 15 is 0 Å². The van der Waals surface area contributed by atoms with Crippen molar-refractivity contribution in [2.24, 2.45) is 0 Å². The first-order valence-electron chi connectivity index (χ1n) is 24.1. The van der Waals surface area contributed by atoms with Crippen molar-refractivity contribution in [3.63, 3.8) is 0 Å². The van der Waals surface area contributed by atoms with E-state index in [0.29, 0.717) is 28.4 Å². The van der Waals surface area contributed by atoms with Crippen molar-refractivity contribution in [2.45, 2.75) is 41.5 Å². The van der Waals surface area contributed by atoms with Gasteiger partial charge in [-0.05, 0) is 143 Å². The largest absolute Gasteiger partial charge is 1.00 e. The van der Waals surface area contributed by atoms with Crippen molar-refractivity contribution in [3.8, 4) is 67.9 Å². The standard InChI is InChI=1S/3C22H18O2.La.3Li/c3*1-13-3-7-17-15(11-13)5-9-19(23)21(17)22-18-8-4-14(2)12-16(18)6-10-20(22)24;;;;/h3*3-12,23-24H,1-2H3;;;;/q;;;;3*+1/p+3. The summed E-state index contributed by atoms with van der Waals surface area (Å²) in [5, 5.41) is 69.5. The maximum absolute atomic E-state index is 10.6. The van der Waals surface area contributed by atoms with Crippen LogP contribution in [0.3, 0.4) is 0 Å². The topological polar surface area (TPSA) is 129 Å². The fourth-order valence-corrected chi connectivity index (χ4v) is 10.3. The van der Waals surface area contributed by atoms with E-state index in [1.54, 1.807) is 18.2 Å². The van der Waals surface area contributed by atoms with Crippen molar-refractivity contribution in [3.05, 3.63) is 215 Å². The maximum atomic E-state index is 10.6. The SMILES string of the molecule is Cc1ccc2c(-c3c(O)ccc4cc(C)ccc34)c(O)ccc2c1.Cc1ccc2c(-c3c([OH2+])ccc4cc(C)ccc34)c(O)ccc2c1.Cc1ccc2c(-c3c([OH2+])ccc4cc(C)ccc34)c([OH2+])ccc2c1.[La].[Li+].[Li+].[Li+]. The summed E-state index contributed by atoms with van der Waals surface area (Å²) in [6.45, 7) is 12.4. The van der Waals surface area contributed by atoms with Gasteiger partial charge in [-0.3, -0.25) is 0 Å². The number of fused-ring (bicyclic) bond motifs is 6. The van der Waals surface area contributed by atoms with Crippen LogP contribution >= 0.6 is 0 Å². The zero-order chi connectivity index (χ0) is 50.5. The Hall–Kier alpha value is -6.01. The second-order valence-corrected chi connectivity index (χ2v) is 19.2. The van der Waals surface area contributed by atoms with Gasteiger partial charge in [0.25, 0.3) is 17.2 Å². The Kier molecular flexibility index (Phi) is 19.1. The monoisotopic (exact) mass is 1110 g/mol. The molecule has 0 aliphatic rings. The number of phenolic OH excluding ortho intramolecular Hbond substituents is 3. The molecule has 0 atom stereocenters. The van der Waals surface area contributed by atoms with Gasteiger partial charge < -0.3 is 30.6 Å². The quantitative estimate of drug-likeness (QED) is 0.127.